The van der Waals surface area contributed by atoms with E-state index in [-0.39, 0.29) is 38.6 Å². The molecule has 0 aliphatic carbocycles. The highest BCUT2D eigenvalue weighted by Crippen LogP contribution is 2.26. The Morgan fingerprint density at radius 2 is 1.77 bits per heavy atom. The van der Waals surface area contributed by atoms with E-state index in [1.165, 1.54) is 60.7 Å². The average Bonchev–Trinajstić information content (AvgIpc) is 3.08. The van der Waals surface area contributed by atoms with Crippen molar-refractivity contribution in [2.24, 2.45) is 0 Å². The van der Waals surface area contributed by atoms with Crippen molar-refractivity contribution in [3.63, 3.8) is 0 Å². The summed E-state index contributed by atoms with van der Waals surface area (Å²) in [5.41, 5.74) is 6.68. The molecule has 0 aliphatic rings. The molecule has 0 saturated heterocycles. The summed E-state index contributed by atoms with van der Waals surface area (Å²) in [4.78, 5) is 16.7. The number of anilines is 1. The van der Waals surface area contributed by atoms with Gasteiger partial charge in [0.2, 0.25) is 5.95 Å². The number of nitrogens with zero attached hydrogens (tertiary/aromatic N) is 3. The Labute approximate surface area is 170 Å². The molecule has 2 N–H and O–H groups in total. The number of nitriles is 1. The van der Waals surface area contributed by atoms with E-state index in [1.807, 2.05) is 6.07 Å². The first kappa shape index (κ1) is 19.3. The number of benzene rings is 3. The van der Waals surface area contributed by atoms with Gasteiger partial charge < -0.3 is 5.73 Å². The van der Waals surface area contributed by atoms with Gasteiger partial charge in [-0.25, -0.2) is 21.8 Å². The lowest BCUT2D eigenvalue weighted by Crippen LogP contribution is -2.16. The highest BCUT2D eigenvalue weighted by Gasteiger charge is 2.24. The Hall–Kier alpha value is -4.03. The average molecular weight is 420 g/mol. The Morgan fingerprint density at radius 3 is 2.50 bits per heavy atom. The zero-order valence-corrected chi connectivity index (χ0v) is 16.1. The van der Waals surface area contributed by atoms with Crippen LogP contribution in [0.5, 0.6) is 0 Å². The van der Waals surface area contributed by atoms with Crippen molar-refractivity contribution in [1.29, 1.82) is 5.26 Å². The van der Waals surface area contributed by atoms with E-state index in [2.05, 4.69) is 4.98 Å². The topological polar surface area (TPSA) is 119 Å². The Balaban J connectivity index is 1.89. The molecule has 0 spiro atoms. The Bertz CT molecular complexity index is 1470. The molecule has 4 rings (SSSR count). The summed E-state index contributed by atoms with van der Waals surface area (Å²) in [5, 5.41) is 9.06. The number of imidazole rings is 1. The number of hydrogen-bond donors (Lipinski definition) is 1. The third kappa shape index (κ3) is 3.19. The van der Waals surface area contributed by atoms with Crippen LogP contribution < -0.4 is 5.73 Å². The van der Waals surface area contributed by atoms with Crippen molar-refractivity contribution in [1.82, 2.24) is 8.96 Å². The SMILES string of the molecule is N#Cc1cccc(S(=O)(=O)n2c(N)nc3ccc(C(=O)c4cccc(F)c4)cc32)c1. The highest BCUT2D eigenvalue weighted by atomic mass is 32.2. The first-order valence-electron chi connectivity index (χ1n) is 8.65. The number of aromatic nitrogens is 2. The van der Waals surface area contributed by atoms with Crippen molar-refractivity contribution < 1.29 is 17.6 Å². The molecule has 3 aromatic carbocycles. The Morgan fingerprint density at radius 1 is 1.03 bits per heavy atom. The minimum absolute atomic E-state index is 0.0945. The zero-order chi connectivity index (χ0) is 21.5. The van der Waals surface area contributed by atoms with E-state index < -0.39 is 21.6 Å². The first-order chi connectivity index (χ1) is 14.3. The van der Waals surface area contributed by atoms with Gasteiger partial charge in [0, 0.05) is 11.1 Å². The Kier molecular flexibility index (Phi) is 4.56. The predicted molar refractivity (Wildman–Crippen MR) is 108 cm³/mol. The molecule has 0 radical (unpaired) electrons. The smallest absolute Gasteiger partial charge is 0.271 e. The quantitative estimate of drug-likeness (QED) is 0.507. The maximum atomic E-state index is 13.5. The van der Waals surface area contributed by atoms with Crippen LogP contribution in [-0.2, 0) is 10.0 Å². The van der Waals surface area contributed by atoms with Gasteiger partial charge in [0.25, 0.3) is 10.0 Å². The van der Waals surface area contributed by atoms with Gasteiger partial charge >= 0.3 is 0 Å². The largest absolute Gasteiger partial charge is 0.368 e. The lowest BCUT2D eigenvalue weighted by molar-refractivity contribution is 0.103. The van der Waals surface area contributed by atoms with Gasteiger partial charge in [0.1, 0.15) is 5.82 Å². The number of carbonyl (C=O) groups is 1. The molecule has 0 aliphatic heterocycles. The number of nitrogens with two attached hydrogens (primary N) is 1. The molecule has 1 aromatic heterocycles. The molecule has 7 nitrogen and oxygen atoms in total. The van der Waals surface area contributed by atoms with Gasteiger partial charge in [-0.3, -0.25) is 4.79 Å². The highest BCUT2D eigenvalue weighted by molar-refractivity contribution is 7.90. The normalized spacial score (nSPS) is 11.3. The summed E-state index contributed by atoms with van der Waals surface area (Å²) in [6.07, 6.45) is 0. The molecular formula is C21H13FN4O3S. The van der Waals surface area contributed by atoms with E-state index in [0.717, 1.165) is 10.0 Å². The number of halogens is 1. The molecule has 0 saturated carbocycles. The summed E-state index contributed by atoms with van der Waals surface area (Å²) in [7, 11) is -4.19. The van der Waals surface area contributed by atoms with Crippen LogP contribution in [0.2, 0.25) is 0 Å². The maximum Gasteiger partial charge on any atom is 0.271 e. The fourth-order valence-electron chi connectivity index (χ4n) is 3.09. The number of ketones is 1. The molecule has 0 fully saturated rings. The van der Waals surface area contributed by atoms with Gasteiger partial charge in [-0.2, -0.15) is 5.26 Å². The molecule has 0 amide bonds. The van der Waals surface area contributed by atoms with E-state index in [9.17, 15) is 17.6 Å². The summed E-state index contributed by atoms with van der Waals surface area (Å²) in [5.74, 6) is -1.33. The second-order valence-electron chi connectivity index (χ2n) is 6.42. The minimum Gasteiger partial charge on any atom is -0.368 e. The van der Waals surface area contributed by atoms with Gasteiger partial charge in [-0.1, -0.05) is 18.2 Å². The van der Waals surface area contributed by atoms with E-state index >= 15 is 0 Å². The van der Waals surface area contributed by atoms with Crippen LogP contribution in [0.3, 0.4) is 0 Å². The van der Waals surface area contributed by atoms with Gasteiger partial charge in [0.15, 0.2) is 5.78 Å². The first-order valence-corrected chi connectivity index (χ1v) is 10.1. The van der Waals surface area contributed by atoms with Crippen molar-refractivity contribution in [2.45, 2.75) is 4.90 Å². The molecule has 4 aromatic rings. The number of hydrogen-bond acceptors (Lipinski definition) is 6. The van der Waals surface area contributed by atoms with Crippen LogP contribution in [0.4, 0.5) is 10.3 Å². The summed E-state index contributed by atoms with van der Waals surface area (Å²) < 4.78 is 40.7. The fourth-order valence-corrected chi connectivity index (χ4v) is 4.52. The summed E-state index contributed by atoms with van der Waals surface area (Å²) in [6, 6.07) is 16.8. The molecule has 0 bridgehead atoms. The lowest BCUT2D eigenvalue weighted by atomic mass is 10.0. The van der Waals surface area contributed by atoms with Gasteiger partial charge in [0.05, 0.1) is 27.6 Å². The third-order valence-corrected chi connectivity index (χ3v) is 6.20. The van der Waals surface area contributed by atoms with Crippen molar-refractivity contribution in [2.75, 3.05) is 5.73 Å². The second-order valence-corrected chi connectivity index (χ2v) is 8.21. The van der Waals surface area contributed by atoms with Crippen LogP contribution in [0.15, 0.2) is 71.6 Å². The standard InChI is InChI=1S/C21H13FN4O3S/c22-16-5-2-4-14(10-16)20(27)15-7-8-18-19(11-15)26(21(24)25-18)30(28,29)17-6-1-3-13(9-17)12-23/h1-11H,(H2,24,25). The molecule has 0 atom stereocenters. The predicted octanol–water partition coefficient (Wildman–Crippen LogP) is 3.10. The molecule has 9 heteroatoms. The van der Waals surface area contributed by atoms with Crippen LogP contribution in [-0.4, -0.2) is 23.2 Å². The van der Waals surface area contributed by atoms with E-state index in [0.29, 0.717) is 0 Å². The molecule has 1 heterocycles. The fraction of sp³-hybridized carbons (Fsp3) is 0. The molecule has 0 unspecified atom stereocenters. The summed E-state index contributed by atoms with van der Waals surface area (Å²) in [6.45, 7) is 0. The minimum atomic E-state index is -4.19. The zero-order valence-electron chi connectivity index (χ0n) is 15.3. The summed E-state index contributed by atoms with van der Waals surface area (Å²) >= 11 is 0. The van der Waals surface area contributed by atoms with Gasteiger partial charge in [-0.05, 0) is 48.5 Å². The molecule has 30 heavy (non-hydrogen) atoms. The van der Waals surface area contributed by atoms with Gasteiger partial charge in [-0.15, -0.1) is 0 Å². The van der Waals surface area contributed by atoms with Crippen molar-refractivity contribution >= 4 is 32.8 Å². The molecular weight excluding hydrogens is 407 g/mol. The lowest BCUT2D eigenvalue weighted by Gasteiger charge is -2.09. The van der Waals surface area contributed by atoms with Crippen molar-refractivity contribution in [3.05, 3.63) is 89.2 Å². The number of nitrogen functional groups attached to an aromatic ring is 1. The van der Waals surface area contributed by atoms with E-state index in [4.69, 9.17) is 11.0 Å². The van der Waals surface area contributed by atoms with Crippen LogP contribution in [0, 0.1) is 17.1 Å². The van der Waals surface area contributed by atoms with Crippen LogP contribution in [0.25, 0.3) is 11.0 Å². The third-order valence-electron chi connectivity index (χ3n) is 4.49. The number of carbonyl (C=O) groups excluding carboxylic acids is 1. The van der Waals surface area contributed by atoms with Crippen LogP contribution >= 0.6 is 0 Å². The number of fused-ring (bicyclic) bond motifs is 1. The maximum absolute atomic E-state index is 13.5. The van der Waals surface area contributed by atoms with E-state index in [1.54, 1.807) is 0 Å². The molecule has 148 valence electrons. The number of rotatable bonds is 4. The van der Waals surface area contributed by atoms with Crippen molar-refractivity contribution in [3.8, 4) is 6.07 Å². The monoisotopic (exact) mass is 420 g/mol. The second kappa shape index (κ2) is 7.09. The van der Waals surface area contributed by atoms with Crippen LogP contribution in [0.1, 0.15) is 21.5 Å².